The number of aryl methyl sites for hydroxylation is 1. The molecule has 0 spiro atoms. The van der Waals surface area contributed by atoms with Gasteiger partial charge in [-0.1, -0.05) is 37.0 Å². The molecule has 0 aliphatic carbocycles. The molecule has 18 heavy (non-hydrogen) atoms. The maximum atomic E-state index is 6.18. The Morgan fingerprint density at radius 1 is 1.11 bits per heavy atom. The van der Waals surface area contributed by atoms with Crippen molar-refractivity contribution in [2.24, 2.45) is 0 Å². The zero-order chi connectivity index (χ0) is 13.3. The van der Waals surface area contributed by atoms with E-state index >= 15 is 0 Å². The SMILES string of the molecule is Cc1ccncc1-c1nc(Cl)c(C(C)C)c(Cl)n1. The molecule has 0 unspecified atom stereocenters. The average molecular weight is 282 g/mol. The summed E-state index contributed by atoms with van der Waals surface area (Å²) in [4.78, 5) is 12.7. The van der Waals surface area contributed by atoms with E-state index in [1.807, 2.05) is 26.8 Å². The predicted molar refractivity (Wildman–Crippen MR) is 74.1 cm³/mol. The summed E-state index contributed by atoms with van der Waals surface area (Å²) >= 11 is 12.4. The quantitative estimate of drug-likeness (QED) is 0.772. The van der Waals surface area contributed by atoms with Crippen molar-refractivity contribution in [1.29, 1.82) is 0 Å². The van der Waals surface area contributed by atoms with Crippen molar-refractivity contribution < 1.29 is 0 Å². The zero-order valence-corrected chi connectivity index (χ0v) is 11.9. The summed E-state index contributed by atoms with van der Waals surface area (Å²) in [5, 5.41) is 0.812. The van der Waals surface area contributed by atoms with Gasteiger partial charge >= 0.3 is 0 Å². The summed E-state index contributed by atoms with van der Waals surface area (Å²) in [6, 6.07) is 1.90. The Labute approximate surface area is 116 Å². The van der Waals surface area contributed by atoms with Crippen LogP contribution in [0.2, 0.25) is 10.3 Å². The lowest BCUT2D eigenvalue weighted by atomic mass is 10.1. The number of aromatic nitrogens is 3. The van der Waals surface area contributed by atoms with Gasteiger partial charge in [-0.2, -0.15) is 0 Å². The number of halogens is 2. The van der Waals surface area contributed by atoms with Crippen LogP contribution in [-0.2, 0) is 0 Å². The number of hydrogen-bond donors (Lipinski definition) is 0. The van der Waals surface area contributed by atoms with Gasteiger partial charge in [-0.25, -0.2) is 9.97 Å². The molecule has 0 radical (unpaired) electrons. The van der Waals surface area contributed by atoms with Crippen LogP contribution in [0, 0.1) is 6.92 Å². The molecule has 5 heteroatoms. The molecule has 0 atom stereocenters. The minimum atomic E-state index is 0.189. The fraction of sp³-hybridized carbons (Fsp3) is 0.308. The van der Waals surface area contributed by atoms with Crippen molar-refractivity contribution >= 4 is 23.2 Å². The zero-order valence-electron chi connectivity index (χ0n) is 10.4. The van der Waals surface area contributed by atoms with Crippen molar-refractivity contribution in [3.05, 3.63) is 39.9 Å². The predicted octanol–water partition coefficient (Wildman–Crippen LogP) is 4.28. The van der Waals surface area contributed by atoms with Gasteiger partial charge < -0.3 is 0 Å². The Kier molecular flexibility index (Phi) is 3.83. The van der Waals surface area contributed by atoms with E-state index in [0.29, 0.717) is 16.1 Å². The number of pyridine rings is 1. The second-order valence-electron chi connectivity index (χ2n) is 4.39. The molecule has 0 bridgehead atoms. The summed E-state index contributed by atoms with van der Waals surface area (Å²) in [6.07, 6.45) is 3.44. The highest BCUT2D eigenvalue weighted by atomic mass is 35.5. The van der Waals surface area contributed by atoms with Crippen LogP contribution in [-0.4, -0.2) is 15.0 Å². The van der Waals surface area contributed by atoms with Gasteiger partial charge in [-0.3, -0.25) is 4.98 Å². The van der Waals surface area contributed by atoms with E-state index in [2.05, 4.69) is 15.0 Å². The standard InChI is InChI=1S/C13H13Cl2N3/c1-7(2)10-11(14)17-13(18-12(10)15)9-6-16-5-4-8(9)3/h4-7H,1-3H3. The smallest absolute Gasteiger partial charge is 0.164 e. The van der Waals surface area contributed by atoms with E-state index in [-0.39, 0.29) is 5.92 Å². The molecule has 2 rings (SSSR count). The molecule has 0 aliphatic heterocycles. The van der Waals surface area contributed by atoms with Crippen molar-refractivity contribution in [1.82, 2.24) is 15.0 Å². The van der Waals surface area contributed by atoms with E-state index in [0.717, 1.165) is 16.7 Å². The molecule has 0 fully saturated rings. The highest BCUT2D eigenvalue weighted by Crippen LogP contribution is 2.31. The van der Waals surface area contributed by atoms with Gasteiger partial charge in [0.25, 0.3) is 0 Å². The van der Waals surface area contributed by atoms with Crippen LogP contribution in [0.15, 0.2) is 18.5 Å². The Morgan fingerprint density at radius 3 is 2.22 bits per heavy atom. The van der Waals surface area contributed by atoms with Crippen LogP contribution >= 0.6 is 23.2 Å². The van der Waals surface area contributed by atoms with Gasteiger partial charge in [-0.15, -0.1) is 0 Å². The van der Waals surface area contributed by atoms with Crippen LogP contribution in [0.3, 0.4) is 0 Å². The Hall–Kier alpha value is -1.19. The van der Waals surface area contributed by atoms with Crippen LogP contribution in [0.4, 0.5) is 0 Å². The molecule has 0 amide bonds. The molecule has 0 aromatic carbocycles. The first-order valence-corrected chi connectivity index (χ1v) is 6.40. The van der Waals surface area contributed by atoms with E-state index in [1.165, 1.54) is 0 Å². The summed E-state index contributed by atoms with van der Waals surface area (Å²) in [6.45, 7) is 5.98. The second kappa shape index (κ2) is 5.21. The van der Waals surface area contributed by atoms with Gasteiger partial charge in [0.2, 0.25) is 0 Å². The Morgan fingerprint density at radius 2 is 1.72 bits per heavy atom. The van der Waals surface area contributed by atoms with Gasteiger partial charge in [0, 0.05) is 23.5 Å². The summed E-state index contributed by atoms with van der Waals surface area (Å²) in [5.74, 6) is 0.703. The van der Waals surface area contributed by atoms with Crippen molar-refractivity contribution in [2.45, 2.75) is 26.7 Å². The molecular formula is C13H13Cl2N3. The van der Waals surface area contributed by atoms with Gasteiger partial charge in [0.1, 0.15) is 10.3 Å². The molecule has 2 heterocycles. The Bertz CT molecular complexity index is 559. The number of hydrogen-bond acceptors (Lipinski definition) is 3. The first-order chi connectivity index (χ1) is 8.50. The topological polar surface area (TPSA) is 38.7 Å². The maximum Gasteiger partial charge on any atom is 0.164 e. The first-order valence-electron chi connectivity index (χ1n) is 5.64. The van der Waals surface area contributed by atoms with E-state index < -0.39 is 0 Å². The lowest BCUT2D eigenvalue weighted by Gasteiger charge is -2.11. The van der Waals surface area contributed by atoms with Crippen LogP contribution in [0.5, 0.6) is 0 Å². The highest BCUT2D eigenvalue weighted by molar-refractivity contribution is 6.34. The van der Waals surface area contributed by atoms with E-state index in [4.69, 9.17) is 23.2 Å². The van der Waals surface area contributed by atoms with Crippen molar-refractivity contribution in [3.63, 3.8) is 0 Å². The van der Waals surface area contributed by atoms with Crippen LogP contribution in [0.1, 0.15) is 30.9 Å². The Balaban J connectivity index is 2.59. The summed E-state index contributed by atoms with van der Waals surface area (Å²) < 4.78 is 0. The first kappa shape index (κ1) is 13.2. The molecule has 0 aliphatic rings. The number of nitrogens with zero attached hydrogens (tertiary/aromatic N) is 3. The van der Waals surface area contributed by atoms with E-state index in [9.17, 15) is 0 Å². The third-order valence-electron chi connectivity index (χ3n) is 2.71. The molecule has 0 N–H and O–H groups in total. The monoisotopic (exact) mass is 281 g/mol. The highest BCUT2D eigenvalue weighted by Gasteiger charge is 2.16. The molecule has 94 valence electrons. The summed E-state index contributed by atoms with van der Waals surface area (Å²) in [7, 11) is 0. The van der Waals surface area contributed by atoms with Crippen LogP contribution < -0.4 is 0 Å². The molecule has 2 aromatic rings. The summed E-state index contributed by atoms with van der Waals surface area (Å²) in [5.41, 5.74) is 2.66. The van der Waals surface area contributed by atoms with Gasteiger partial charge in [0.05, 0.1) is 0 Å². The molecule has 2 aromatic heterocycles. The minimum absolute atomic E-state index is 0.189. The van der Waals surface area contributed by atoms with Gasteiger partial charge in [0.15, 0.2) is 5.82 Å². The second-order valence-corrected chi connectivity index (χ2v) is 5.10. The third kappa shape index (κ3) is 2.47. The van der Waals surface area contributed by atoms with Crippen molar-refractivity contribution in [3.8, 4) is 11.4 Å². The van der Waals surface area contributed by atoms with Crippen molar-refractivity contribution in [2.75, 3.05) is 0 Å². The molecule has 0 saturated carbocycles. The number of rotatable bonds is 2. The fourth-order valence-corrected chi connectivity index (χ4v) is 2.54. The lowest BCUT2D eigenvalue weighted by Crippen LogP contribution is -2.00. The maximum absolute atomic E-state index is 6.18. The third-order valence-corrected chi connectivity index (χ3v) is 3.29. The normalized spacial score (nSPS) is 11.0. The van der Waals surface area contributed by atoms with Gasteiger partial charge in [-0.05, 0) is 24.5 Å². The largest absolute Gasteiger partial charge is 0.264 e. The fourth-order valence-electron chi connectivity index (χ4n) is 1.71. The molecule has 0 saturated heterocycles. The molecular weight excluding hydrogens is 269 g/mol. The average Bonchev–Trinajstić information content (AvgIpc) is 2.27. The van der Waals surface area contributed by atoms with E-state index in [1.54, 1.807) is 12.4 Å². The lowest BCUT2D eigenvalue weighted by molar-refractivity contribution is 0.847. The minimum Gasteiger partial charge on any atom is -0.264 e. The molecule has 3 nitrogen and oxygen atoms in total. The van der Waals surface area contributed by atoms with Crippen LogP contribution in [0.25, 0.3) is 11.4 Å².